The van der Waals surface area contributed by atoms with Crippen LogP contribution in [0, 0.1) is 0 Å². The van der Waals surface area contributed by atoms with E-state index in [4.69, 9.17) is 0 Å². The zero-order valence-corrected chi connectivity index (χ0v) is 10.6. The fourth-order valence-corrected chi connectivity index (χ4v) is 1.40. The number of allylic oxidation sites excluding steroid dienone is 1. The van der Waals surface area contributed by atoms with Crippen molar-refractivity contribution in [1.29, 1.82) is 0 Å². The summed E-state index contributed by atoms with van der Waals surface area (Å²) >= 11 is 0. The molecule has 0 aromatic carbocycles. The second kappa shape index (κ2) is 6.62. The first-order valence-electron chi connectivity index (χ1n) is 5.02. The largest absolute Gasteiger partial charge is 0.534 e. The molecule has 0 aliphatic heterocycles. The van der Waals surface area contributed by atoms with Crippen molar-refractivity contribution in [1.82, 2.24) is 0 Å². The van der Waals surface area contributed by atoms with Gasteiger partial charge in [0.05, 0.1) is 12.7 Å². The van der Waals surface area contributed by atoms with Crippen LogP contribution < -0.4 is 0 Å². The Morgan fingerprint density at radius 2 is 1.83 bits per heavy atom. The quantitative estimate of drug-likeness (QED) is 0.246. The number of alkyl halides is 3. The Morgan fingerprint density at radius 3 is 2.22 bits per heavy atom. The number of hydrogen-bond donors (Lipinski definition) is 0. The summed E-state index contributed by atoms with van der Waals surface area (Å²) in [5.41, 5.74) is -5.53. The summed E-state index contributed by atoms with van der Waals surface area (Å²) in [5, 5.41) is 0. The molecule has 0 rings (SSSR count). The number of carbonyl (C=O) groups is 1. The van der Waals surface area contributed by atoms with Gasteiger partial charge in [0.15, 0.2) is 0 Å². The van der Waals surface area contributed by atoms with Gasteiger partial charge < -0.3 is 8.92 Å². The highest BCUT2D eigenvalue weighted by atomic mass is 32.2. The molecule has 0 radical (unpaired) electrons. The molecular formula is C9H13F3O5S. The Morgan fingerprint density at radius 1 is 1.28 bits per heavy atom. The zero-order chi connectivity index (χ0) is 14.4. The van der Waals surface area contributed by atoms with Gasteiger partial charge in [0.2, 0.25) is 0 Å². The Kier molecular flexibility index (Phi) is 6.16. The molecule has 0 unspecified atom stereocenters. The van der Waals surface area contributed by atoms with E-state index in [1.807, 2.05) is 0 Å². The van der Waals surface area contributed by atoms with Crippen LogP contribution in [0.5, 0.6) is 0 Å². The van der Waals surface area contributed by atoms with Crippen molar-refractivity contribution in [2.75, 3.05) is 6.61 Å². The predicted octanol–water partition coefficient (Wildman–Crippen LogP) is 2.10. The molecule has 0 aromatic heterocycles. The SMILES string of the molecule is CCC/C(=C\C(=O)OCC)OS(=O)(=O)C(F)(F)F. The highest BCUT2D eigenvalue weighted by Crippen LogP contribution is 2.27. The second-order valence-electron chi connectivity index (χ2n) is 3.10. The number of carbonyl (C=O) groups excluding carboxylic acids is 1. The monoisotopic (exact) mass is 290 g/mol. The number of rotatable bonds is 6. The van der Waals surface area contributed by atoms with Gasteiger partial charge in [-0.3, -0.25) is 0 Å². The van der Waals surface area contributed by atoms with Crippen LogP contribution in [0.15, 0.2) is 11.8 Å². The lowest BCUT2D eigenvalue weighted by atomic mass is 10.3. The smallest absolute Gasteiger partial charge is 0.463 e. The highest BCUT2D eigenvalue weighted by Gasteiger charge is 2.48. The van der Waals surface area contributed by atoms with Crippen LogP contribution in [0.3, 0.4) is 0 Å². The lowest BCUT2D eigenvalue weighted by Crippen LogP contribution is -2.25. The number of esters is 1. The van der Waals surface area contributed by atoms with Gasteiger partial charge in [-0.1, -0.05) is 6.92 Å². The minimum absolute atomic E-state index is 0.0146. The Hall–Kier alpha value is -1.25. The van der Waals surface area contributed by atoms with Crippen LogP contribution in [-0.4, -0.2) is 26.5 Å². The summed E-state index contributed by atoms with van der Waals surface area (Å²) < 4.78 is 66.0. The van der Waals surface area contributed by atoms with Gasteiger partial charge in [-0.25, -0.2) is 4.79 Å². The van der Waals surface area contributed by atoms with E-state index in [1.165, 1.54) is 6.92 Å². The van der Waals surface area contributed by atoms with Gasteiger partial charge in [0.25, 0.3) is 0 Å². The number of ether oxygens (including phenoxy) is 1. The first-order valence-corrected chi connectivity index (χ1v) is 6.43. The highest BCUT2D eigenvalue weighted by molar-refractivity contribution is 7.87. The molecule has 0 saturated carbocycles. The fourth-order valence-electron chi connectivity index (χ4n) is 0.888. The van der Waals surface area contributed by atoms with Crippen molar-refractivity contribution < 1.29 is 35.3 Å². The van der Waals surface area contributed by atoms with E-state index in [2.05, 4.69) is 8.92 Å². The molecule has 9 heteroatoms. The summed E-state index contributed by atoms with van der Waals surface area (Å²) in [4.78, 5) is 11.0. The molecule has 0 heterocycles. The fraction of sp³-hybridized carbons (Fsp3) is 0.667. The molecule has 0 amide bonds. The van der Waals surface area contributed by atoms with E-state index in [9.17, 15) is 26.4 Å². The summed E-state index contributed by atoms with van der Waals surface area (Å²) in [7, 11) is -5.76. The maximum atomic E-state index is 12.1. The van der Waals surface area contributed by atoms with Gasteiger partial charge in [0, 0.05) is 6.42 Å². The van der Waals surface area contributed by atoms with Gasteiger partial charge in [-0.15, -0.1) is 0 Å². The van der Waals surface area contributed by atoms with Crippen LogP contribution in [-0.2, 0) is 23.8 Å². The van der Waals surface area contributed by atoms with Crippen LogP contribution >= 0.6 is 0 Å². The van der Waals surface area contributed by atoms with E-state index < -0.39 is 27.4 Å². The third kappa shape index (κ3) is 5.39. The van der Waals surface area contributed by atoms with E-state index in [0.29, 0.717) is 12.5 Å². The average molecular weight is 290 g/mol. The van der Waals surface area contributed by atoms with Crippen LogP contribution in [0.4, 0.5) is 13.2 Å². The first kappa shape index (κ1) is 16.8. The molecular weight excluding hydrogens is 277 g/mol. The molecule has 0 atom stereocenters. The standard InChI is InChI=1S/C9H13F3O5S/c1-3-5-7(6-8(13)16-4-2)17-18(14,15)9(10,11)12/h6H,3-5H2,1-2H3/b7-6+. The van der Waals surface area contributed by atoms with E-state index in [-0.39, 0.29) is 13.0 Å². The van der Waals surface area contributed by atoms with Gasteiger partial charge in [0.1, 0.15) is 5.76 Å². The van der Waals surface area contributed by atoms with Crippen LogP contribution in [0.25, 0.3) is 0 Å². The molecule has 0 aromatic rings. The summed E-state index contributed by atoms with van der Waals surface area (Å²) in [6, 6.07) is 0. The van der Waals surface area contributed by atoms with Crippen LogP contribution in [0.2, 0.25) is 0 Å². The lowest BCUT2D eigenvalue weighted by Gasteiger charge is -2.11. The molecule has 0 aliphatic rings. The normalized spacial score (nSPS) is 13.3. The maximum absolute atomic E-state index is 12.1. The van der Waals surface area contributed by atoms with Gasteiger partial charge in [-0.05, 0) is 13.3 Å². The van der Waals surface area contributed by atoms with Crippen molar-refractivity contribution in [3.8, 4) is 0 Å². The van der Waals surface area contributed by atoms with Crippen molar-refractivity contribution in [3.05, 3.63) is 11.8 Å². The topological polar surface area (TPSA) is 69.7 Å². The van der Waals surface area contributed by atoms with Crippen LogP contribution in [0.1, 0.15) is 26.7 Å². The molecule has 0 spiro atoms. The second-order valence-corrected chi connectivity index (χ2v) is 4.63. The third-order valence-electron chi connectivity index (χ3n) is 1.56. The minimum Gasteiger partial charge on any atom is -0.463 e. The summed E-state index contributed by atoms with van der Waals surface area (Å²) in [6.07, 6.45) is 0.767. The molecule has 0 N–H and O–H groups in total. The van der Waals surface area contributed by atoms with E-state index >= 15 is 0 Å². The predicted molar refractivity (Wildman–Crippen MR) is 55.7 cm³/mol. The Labute approximate surface area is 103 Å². The van der Waals surface area contributed by atoms with Crippen molar-refractivity contribution in [2.24, 2.45) is 0 Å². The molecule has 0 fully saturated rings. The number of hydrogen-bond acceptors (Lipinski definition) is 5. The van der Waals surface area contributed by atoms with Gasteiger partial charge in [-0.2, -0.15) is 21.6 Å². The van der Waals surface area contributed by atoms with E-state index in [1.54, 1.807) is 6.92 Å². The first-order chi connectivity index (χ1) is 8.14. The van der Waals surface area contributed by atoms with Crippen molar-refractivity contribution in [2.45, 2.75) is 32.2 Å². The van der Waals surface area contributed by atoms with E-state index in [0.717, 1.165) is 0 Å². The zero-order valence-electron chi connectivity index (χ0n) is 9.78. The molecule has 18 heavy (non-hydrogen) atoms. The lowest BCUT2D eigenvalue weighted by molar-refractivity contribution is -0.137. The molecule has 106 valence electrons. The summed E-state index contributed by atoms with van der Waals surface area (Å²) in [6.45, 7) is 3.10. The molecule has 5 nitrogen and oxygen atoms in total. The maximum Gasteiger partial charge on any atom is 0.534 e. The Bertz CT molecular complexity index is 410. The minimum atomic E-state index is -5.76. The van der Waals surface area contributed by atoms with Crippen molar-refractivity contribution in [3.63, 3.8) is 0 Å². The molecule has 0 saturated heterocycles. The van der Waals surface area contributed by atoms with Gasteiger partial charge >= 0.3 is 21.6 Å². The average Bonchev–Trinajstić information content (AvgIpc) is 2.15. The molecule has 0 aliphatic carbocycles. The molecule has 0 bridgehead atoms. The summed E-state index contributed by atoms with van der Waals surface area (Å²) in [5.74, 6) is -1.56. The number of halogens is 3. The Balaban J connectivity index is 5.01. The van der Waals surface area contributed by atoms with Crippen molar-refractivity contribution >= 4 is 16.1 Å². The third-order valence-corrected chi connectivity index (χ3v) is 2.56.